The molecule has 0 aliphatic heterocycles. The lowest BCUT2D eigenvalue weighted by Crippen LogP contribution is -2.30. The maximum Gasteiger partial charge on any atom is 0.329 e. The zero-order valence-electron chi connectivity index (χ0n) is 19.0. The van der Waals surface area contributed by atoms with Crippen molar-refractivity contribution in [1.29, 1.82) is 0 Å². The maximum absolute atomic E-state index is 12.6. The summed E-state index contributed by atoms with van der Waals surface area (Å²) >= 11 is 1.54. The van der Waals surface area contributed by atoms with Gasteiger partial charge in [0.25, 0.3) is 5.56 Å². The number of benzene rings is 1. The predicted octanol–water partition coefficient (Wildman–Crippen LogP) is 3.10. The summed E-state index contributed by atoms with van der Waals surface area (Å²) < 4.78 is 8.76. The van der Waals surface area contributed by atoms with Crippen molar-refractivity contribution in [1.82, 2.24) is 19.1 Å². The molecule has 0 saturated carbocycles. The molecule has 0 aliphatic rings. The van der Waals surface area contributed by atoms with Gasteiger partial charge < -0.3 is 14.4 Å². The molecule has 0 bridgehead atoms. The Morgan fingerprint density at radius 1 is 1.16 bits per heavy atom. The molecule has 3 rings (SSSR count). The SMILES string of the molecule is CCCCCCSc1nc2c(c(=O)[nH]c(=O)n2C)n1CC(O)COc1ccc(CC)cc1. The van der Waals surface area contributed by atoms with Gasteiger partial charge in [-0.3, -0.25) is 14.3 Å². The van der Waals surface area contributed by atoms with E-state index in [-0.39, 0.29) is 18.7 Å². The second-order valence-corrected chi connectivity index (χ2v) is 8.93. The van der Waals surface area contributed by atoms with E-state index in [9.17, 15) is 14.7 Å². The molecule has 0 radical (unpaired) electrons. The Balaban J connectivity index is 1.78. The molecule has 1 aromatic carbocycles. The van der Waals surface area contributed by atoms with Crippen LogP contribution in [-0.4, -0.2) is 42.7 Å². The molecule has 3 aromatic rings. The molecule has 1 atom stereocenters. The van der Waals surface area contributed by atoms with Crippen LogP contribution in [0.25, 0.3) is 11.2 Å². The Morgan fingerprint density at radius 2 is 1.91 bits per heavy atom. The lowest BCUT2D eigenvalue weighted by atomic mass is 10.2. The number of nitrogens with one attached hydrogen (secondary N) is 1. The van der Waals surface area contributed by atoms with Crippen LogP contribution in [0.1, 0.15) is 45.1 Å². The van der Waals surface area contributed by atoms with Gasteiger partial charge in [0.15, 0.2) is 16.3 Å². The number of aliphatic hydroxyl groups is 1. The Hall–Kier alpha value is -2.52. The van der Waals surface area contributed by atoms with Crippen LogP contribution >= 0.6 is 11.8 Å². The zero-order valence-corrected chi connectivity index (χ0v) is 19.8. The quantitative estimate of drug-likeness (QED) is 0.318. The fourth-order valence-corrected chi connectivity index (χ4v) is 4.47. The second-order valence-electron chi connectivity index (χ2n) is 7.87. The van der Waals surface area contributed by atoms with Crippen LogP contribution in [0.2, 0.25) is 0 Å². The first kappa shape index (κ1) is 24.1. The van der Waals surface area contributed by atoms with Gasteiger partial charge in [-0.15, -0.1) is 0 Å². The first-order valence-corrected chi connectivity index (χ1v) is 12.1. The number of hydrogen-bond acceptors (Lipinski definition) is 6. The number of hydrogen-bond donors (Lipinski definition) is 2. The molecule has 2 aromatic heterocycles. The number of aryl methyl sites for hydroxylation is 2. The van der Waals surface area contributed by atoms with Crippen LogP contribution in [0.3, 0.4) is 0 Å². The van der Waals surface area contributed by atoms with Crippen LogP contribution < -0.4 is 16.0 Å². The number of nitrogens with zero attached hydrogens (tertiary/aromatic N) is 3. The van der Waals surface area contributed by atoms with Crippen molar-refractivity contribution in [2.75, 3.05) is 12.4 Å². The number of unbranched alkanes of at least 4 members (excludes halogenated alkanes) is 3. The predicted molar refractivity (Wildman–Crippen MR) is 128 cm³/mol. The van der Waals surface area contributed by atoms with Crippen LogP contribution in [0.4, 0.5) is 0 Å². The van der Waals surface area contributed by atoms with E-state index in [4.69, 9.17) is 4.74 Å². The van der Waals surface area contributed by atoms with Gasteiger partial charge in [0, 0.05) is 12.8 Å². The van der Waals surface area contributed by atoms with E-state index in [1.807, 2.05) is 24.3 Å². The summed E-state index contributed by atoms with van der Waals surface area (Å²) in [5, 5.41) is 11.3. The lowest BCUT2D eigenvalue weighted by molar-refractivity contribution is 0.0913. The van der Waals surface area contributed by atoms with Crippen LogP contribution in [0.5, 0.6) is 5.75 Å². The molecule has 32 heavy (non-hydrogen) atoms. The number of aliphatic hydroxyl groups excluding tert-OH is 1. The molecule has 0 amide bonds. The Morgan fingerprint density at radius 3 is 2.59 bits per heavy atom. The molecular weight excluding hydrogens is 428 g/mol. The molecule has 2 N–H and O–H groups in total. The van der Waals surface area contributed by atoms with Gasteiger partial charge in [-0.05, 0) is 30.5 Å². The van der Waals surface area contributed by atoms with Crippen molar-refractivity contribution in [3.8, 4) is 5.75 Å². The molecule has 0 spiro atoms. The summed E-state index contributed by atoms with van der Waals surface area (Å²) in [6.45, 7) is 4.48. The van der Waals surface area contributed by atoms with Gasteiger partial charge in [0.1, 0.15) is 18.5 Å². The highest BCUT2D eigenvalue weighted by atomic mass is 32.2. The molecule has 9 heteroatoms. The molecule has 0 saturated heterocycles. The highest BCUT2D eigenvalue weighted by molar-refractivity contribution is 7.99. The minimum absolute atomic E-state index is 0.0788. The summed E-state index contributed by atoms with van der Waals surface area (Å²) in [6, 6.07) is 7.77. The van der Waals surface area contributed by atoms with Crippen LogP contribution in [-0.2, 0) is 20.0 Å². The molecular formula is C23H32N4O4S. The minimum Gasteiger partial charge on any atom is -0.491 e. The summed E-state index contributed by atoms with van der Waals surface area (Å²) in [5.41, 5.74) is 0.809. The average Bonchev–Trinajstić information content (AvgIpc) is 3.15. The summed E-state index contributed by atoms with van der Waals surface area (Å²) in [6.07, 6.45) is 4.61. The largest absolute Gasteiger partial charge is 0.491 e. The van der Waals surface area contributed by atoms with Gasteiger partial charge in [-0.1, -0.05) is 57.0 Å². The van der Waals surface area contributed by atoms with Crippen molar-refractivity contribution in [3.63, 3.8) is 0 Å². The number of imidazole rings is 1. The fourth-order valence-electron chi connectivity index (χ4n) is 3.46. The molecule has 0 aliphatic carbocycles. The lowest BCUT2D eigenvalue weighted by Gasteiger charge is -2.15. The third-order valence-electron chi connectivity index (χ3n) is 5.37. The number of rotatable bonds is 12. The van der Waals surface area contributed by atoms with Crippen LogP contribution in [0, 0.1) is 0 Å². The van der Waals surface area contributed by atoms with Crippen molar-refractivity contribution in [2.45, 2.75) is 63.8 Å². The number of fused-ring (bicyclic) bond motifs is 1. The molecule has 0 fully saturated rings. The molecule has 174 valence electrons. The van der Waals surface area contributed by atoms with Crippen molar-refractivity contribution >= 4 is 22.9 Å². The summed E-state index contributed by atoms with van der Waals surface area (Å²) in [5.74, 6) is 1.54. The van der Waals surface area contributed by atoms with Gasteiger partial charge in [0.2, 0.25) is 0 Å². The number of aromatic amines is 1. The van der Waals surface area contributed by atoms with Gasteiger partial charge in [0.05, 0.1) is 6.54 Å². The van der Waals surface area contributed by atoms with Gasteiger partial charge in [-0.25, -0.2) is 9.78 Å². The van der Waals surface area contributed by atoms with E-state index in [1.54, 1.807) is 11.6 Å². The van der Waals surface area contributed by atoms with E-state index in [2.05, 4.69) is 23.8 Å². The smallest absolute Gasteiger partial charge is 0.329 e. The average molecular weight is 461 g/mol. The number of thioether (sulfide) groups is 1. The molecule has 2 heterocycles. The summed E-state index contributed by atoms with van der Waals surface area (Å²) in [7, 11) is 1.58. The third kappa shape index (κ3) is 5.83. The Labute approximate surface area is 191 Å². The topological polar surface area (TPSA) is 102 Å². The Bertz CT molecular complexity index is 1130. The minimum atomic E-state index is -0.852. The van der Waals surface area contributed by atoms with E-state index >= 15 is 0 Å². The fraction of sp³-hybridized carbons (Fsp3) is 0.522. The van der Waals surface area contributed by atoms with Crippen LogP contribution in [0.15, 0.2) is 39.0 Å². The standard InChI is InChI=1S/C23H32N4O4S/c1-4-6-7-8-13-32-23-24-20-19(21(29)25-22(30)26(20)3)27(23)14-17(28)15-31-18-11-9-16(5-2)10-12-18/h9-12,17,28H,4-8,13-15H2,1-3H3,(H,25,29,30). The summed E-state index contributed by atoms with van der Waals surface area (Å²) in [4.78, 5) is 31.5. The number of ether oxygens (including phenoxy) is 1. The Kier molecular flexibility index (Phi) is 8.58. The van der Waals surface area contributed by atoms with Crippen molar-refractivity contribution < 1.29 is 9.84 Å². The van der Waals surface area contributed by atoms with E-state index in [0.717, 1.165) is 31.4 Å². The van der Waals surface area contributed by atoms with Crippen molar-refractivity contribution in [2.24, 2.45) is 7.05 Å². The maximum atomic E-state index is 12.6. The highest BCUT2D eigenvalue weighted by Crippen LogP contribution is 2.23. The monoisotopic (exact) mass is 460 g/mol. The third-order valence-corrected chi connectivity index (χ3v) is 6.43. The van der Waals surface area contributed by atoms with E-state index in [0.29, 0.717) is 16.6 Å². The first-order valence-electron chi connectivity index (χ1n) is 11.2. The zero-order chi connectivity index (χ0) is 23.1. The second kappa shape index (κ2) is 11.4. The van der Waals surface area contributed by atoms with E-state index < -0.39 is 17.4 Å². The van der Waals surface area contributed by atoms with Gasteiger partial charge in [-0.2, -0.15) is 0 Å². The molecule has 1 unspecified atom stereocenters. The number of H-pyrrole nitrogens is 1. The van der Waals surface area contributed by atoms with Gasteiger partial charge >= 0.3 is 5.69 Å². The number of aromatic nitrogens is 4. The normalized spacial score (nSPS) is 12.4. The highest BCUT2D eigenvalue weighted by Gasteiger charge is 2.20. The van der Waals surface area contributed by atoms with Crippen molar-refractivity contribution in [3.05, 3.63) is 50.7 Å². The molecule has 8 nitrogen and oxygen atoms in total. The van der Waals surface area contributed by atoms with E-state index in [1.165, 1.54) is 28.3 Å². The first-order chi connectivity index (χ1) is 15.4.